The van der Waals surface area contributed by atoms with Crippen LogP contribution in [0.4, 0.5) is 11.6 Å². The number of rotatable bonds is 5. The first-order valence-corrected chi connectivity index (χ1v) is 11.5. The van der Waals surface area contributed by atoms with E-state index in [1.807, 2.05) is 19.2 Å². The van der Waals surface area contributed by atoms with Gasteiger partial charge in [0.15, 0.2) is 11.3 Å². The van der Waals surface area contributed by atoms with Crippen LogP contribution in [0.2, 0.25) is 0 Å². The summed E-state index contributed by atoms with van der Waals surface area (Å²) in [6.07, 6.45) is 9.94. The lowest BCUT2D eigenvalue weighted by Gasteiger charge is -2.24. The standard InChI is InChI=1S/C25H32N6O/c1-6-30(7-2)24-15-27-23(14-28-24)29-22-12-21-20(13-26-22)16(3)25(18(5)32)17(4)31(21)19-10-8-9-11-19/h12-15,19,32H,4,6-11H2,1-3,5H3. The topological polar surface area (TPSA) is 79.4 Å². The molecule has 1 saturated carbocycles. The first kappa shape index (κ1) is 22.0. The lowest BCUT2D eigenvalue weighted by molar-refractivity contribution is 0.486. The Morgan fingerprint density at radius 3 is 2.47 bits per heavy atom. The minimum Gasteiger partial charge on any atom is -0.512 e. The van der Waals surface area contributed by atoms with Gasteiger partial charge in [-0.2, -0.15) is 0 Å². The Kier molecular flexibility index (Phi) is 6.26. The van der Waals surface area contributed by atoms with Gasteiger partial charge in [0, 0.05) is 47.5 Å². The number of aliphatic hydroxyl groups excluding tert-OH is 1. The van der Waals surface area contributed by atoms with Crippen LogP contribution in [0.15, 0.2) is 29.6 Å². The van der Waals surface area contributed by atoms with Crippen molar-refractivity contribution in [3.63, 3.8) is 0 Å². The number of pyridine rings is 2. The molecular formula is C25H32N6O. The van der Waals surface area contributed by atoms with Crippen LogP contribution in [0.1, 0.15) is 58.1 Å². The predicted molar refractivity (Wildman–Crippen MR) is 128 cm³/mol. The van der Waals surface area contributed by atoms with Gasteiger partial charge in [0.2, 0.25) is 0 Å². The van der Waals surface area contributed by atoms with Crippen LogP contribution in [0.25, 0.3) is 23.6 Å². The van der Waals surface area contributed by atoms with E-state index in [-0.39, 0.29) is 0 Å². The van der Waals surface area contributed by atoms with Crippen LogP contribution in [0.5, 0.6) is 0 Å². The lowest BCUT2D eigenvalue weighted by atomic mass is 10.0. The highest BCUT2D eigenvalue weighted by atomic mass is 16.3. The molecule has 7 heteroatoms. The maximum absolute atomic E-state index is 10.4. The molecule has 4 rings (SSSR count). The summed E-state index contributed by atoms with van der Waals surface area (Å²) in [5, 5.41) is 12.0. The SMILES string of the molecule is C=c1c(=C(C)O)c(C)c2cnc(=Nc3cnc(N(CC)CC)cn3)cc-2n1C1CCCC1. The highest BCUT2D eigenvalue weighted by Gasteiger charge is 2.23. The molecule has 3 aliphatic rings. The zero-order valence-electron chi connectivity index (χ0n) is 19.5. The van der Waals surface area contributed by atoms with E-state index in [2.05, 4.69) is 49.8 Å². The first-order chi connectivity index (χ1) is 15.4. The molecule has 0 saturated heterocycles. The Labute approximate surface area is 188 Å². The van der Waals surface area contributed by atoms with Crippen molar-refractivity contribution in [2.24, 2.45) is 4.99 Å². The molecule has 0 amide bonds. The van der Waals surface area contributed by atoms with E-state index < -0.39 is 0 Å². The van der Waals surface area contributed by atoms with E-state index in [9.17, 15) is 5.11 Å². The van der Waals surface area contributed by atoms with E-state index in [1.54, 1.807) is 19.3 Å². The van der Waals surface area contributed by atoms with Crippen LogP contribution < -0.4 is 21.0 Å². The van der Waals surface area contributed by atoms with Crippen LogP contribution >= 0.6 is 0 Å². The monoisotopic (exact) mass is 432 g/mol. The Hall–Kier alpha value is -3.22. The summed E-state index contributed by atoms with van der Waals surface area (Å²) in [5.41, 5.74) is 3.63. The molecule has 1 aromatic rings. The van der Waals surface area contributed by atoms with Crippen molar-refractivity contribution in [1.82, 2.24) is 19.5 Å². The van der Waals surface area contributed by atoms with Gasteiger partial charge < -0.3 is 14.6 Å². The predicted octanol–water partition coefficient (Wildman–Crippen LogP) is 3.38. The van der Waals surface area contributed by atoms with Crippen LogP contribution in [0, 0.1) is 6.92 Å². The molecule has 0 aromatic carbocycles. The number of aromatic nitrogens is 4. The number of hydrogen-bond acceptors (Lipinski definition) is 6. The number of hydrogen-bond donors (Lipinski definition) is 1. The zero-order valence-corrected chi connectivity index (χ0v) is 19.5. The van der Waals surface area contributed by atoms with Gasteiger partial charge in [-0.25, -0.2) is 19.9 Å². The number of anilines is 1. The summed E-state index contributed by atoms with van der Waals surface area (Å²) in [5.74, 6) is 1.67. The van der Waals surface area contributed by atoms with E-state index in [1.165, 1.54) is 12.8 Å². The first-order valence-electron chi connectivity index (χ1n) is 11.5. The maximum Gasteiger partial charge on any atom is 0.172 e. The minimum absolute atomic E-state index is 0.290. The Morgan fingerprint density at radius 1 is 1.16 bits per heavy atom. The number of fused-ring (bicyclic) bond motifs is 1. The van der Waals surface area contributed by atoms with E-state index >= 15 is 0 Å². The van der Waals surface area contributed by atoms with Crippen molar-refractivity contribution in [2.45, 2.75) is 59.4 Å². The summed E-state index contributed by atoms with van der Waals surface area (Å²) in [7, 11) is 0. The second-order valence-electron chi connectivity index (χ2n) is 8.42. The second-order valence-corrected chi connectivity index (χ2v) is 8.42. The van der Waals surface area contributed by atoms with Crippen LogP contribution in [-0.4, -0.2) is 37.7 Å². The molecular weight excluding hydrogens is 400 g/mol. The minimum atomic E-state index is 0.290. The fourth-order valence-corrected chi connectivity index (χ4v) is 4.86. The molecule has 7 nitrogen and oxygen atoms in total. The molecule has 0 bridgehead atoms. The zero-order chi connectivity index (χ0) is 22.8. The van der Waals surface area contributed by atoms with E-state index in [4.69, 9.17) is 0 Å². The van der Waals surface area contributed by atoms with Crippen molar-refractivity contribution in [2.75, 3.05) is 18.0 Å². The smallest absolute Gasteiger partial charge is 0.172 e. The highest BCUT2D eigenvalue weighted by Crippen LogP contribution is 2.32. The Morgan fingerprint density at radius 2 is 1.88 bits per heavy atom. The molecule has 3 heterocycles. The summed E-state index contributed by atoms with van der Waals surface area (Å²) in [4.78, 5) is 20.4. The molecule has 1 aromatic heterocycles. The van der Waals surface area contributed by atoms with Gasteiger partial charge in [-0.05, 0) is 46.1 Å². The van der Waals surface area contributed by atoms with Crippen molar-refractivity contribution in [3.05, 3.63) is 46.3 Å². The third-order valence-corrected chi connectivity index (χ3v) is 6.48. The fraction of sp³-hybridized carbons (Fsp3) is 0.440. The molecule has 0 radical (unpaired) electrons. The summed E-state index contributed by atoms with van der Waals surface area (Å²) in [6, 6.07) is 2.37. The molecule has 1 fully saturated rings. The maximum atomic E-state index is 10.4. The van der Waals surface area contributed by atoms with Crippen LogP contribution in [-0.2, 0) is 0 Å². The van der Waals surface area contributed by atoms with Gasteiger partial charge >= 0.3 is 0 Å². The van der Waals surface area contributed by atoms with Crippen molar-refractivity contribution >= 4 is 24.0 Å². The van der Waals surface area contributed by atoms with Gasteiger partial charge in [-0.3, -0.25) is 0 Å². The summed E-state index contributed by atoms with van der Waals surface area (Å²) in [6.45, 7) is 14.1. The molecule has 0 spiro atoms. The third-order valence-electron chi connectivity index (χ3n) is 6.48. The normalized spacial score (nSPS) is 16.1. The van der Waals surface area contributed by atoms with E-state index in [0.717, 1.165) is 59.1 Å². The average molecular weight is 433 g/mol. The van der Waals surface area contributed by atoms with Crippen LogP contribution in [0.3, 0.4) is 0 Å². The second kappa shape index (κ2) is 9.10. The molecule has 2 aliphatic heterocycles. The van der Waals surface area contributed by atoms with Gasteiger partial charge in [0.25, 0.3) is 0 Å². The van der Waals surface area contributed by atoms with Crippen molar-refractivity contribution < 1.29 is 5.11 Å². The lowest BCUT2D eigenvalue weighted by Crippen LogP contribution is -2.41. The highest BCUT2D eigenvalue weighted by molar-refractivity contribution is 5.65. The quantitative estimate of drug-likeness (QED) is 0.669. The Bertz CT molecular complexity index is 1250. The van der Waals surface area contributed by atoms with Gasteiger partial charge in [0.1, 0.15) is 5.82 Å². The van der Waals surface area contributed by atoms with Gasteiger partial charge in [-0.1, -0.05) is 19.4 Å². The van der Waals surface area contributed by atoms with Gasteiger partial charge in [-0.15, -0.1) is 0 Å². The molecule has 32 heavy (non-hydrogen) atoms. The number of aliphatic hydroxyl groups is 1. The molecule has 0 atom stereocenters. The van der Waals surface area contributed by atoms with E-state index in [0.29, 0.717) is 23.1 Å². The number of nitrogens with zero attached hydrogens (tertiary/aromatic N) is 6. The summed E-state index contributed by atoms with van der Waals surface area (Å²) >= 11 is 0. The molecule has 168 valence electrons. The molecule has 1 N–H and O–H groups in total. The summed E-state index contributed by atoms with van der Waals surface area (Å²) < 4.78 is 2.28. The molecule has 1 aliphatic carbocycles. The fourth-order valence-electron chi connectivity index (χ4n) is 4.86. The van der Waals surface area contributed by atoms with Crippen molar-refractivity contribution in [1.29, 1.82) is 0 Å². The Balaban J connectivity index is 1.88. The average Bonchev–Trinajstić information content (AvgIpc) is 3.30. The third kappa shape index (κ3) is 3.99. The van der Waals surface area contributed by atoms with Gasteiger partial charge in [0.05, 0.1) is 23.8 Å². The molecule has 0 unspecified atom stereocenters. The van der Waals surface area contributed by atoms with Crippen molar-refractivity contribution in [3.8, 4) is 11.3 Å². The largest absolute Gasteiger partial charge is 0.512 e.